The average Bonchev–Trinajstić information content (AvgIpc) is 2.90. The molecule has 1 aromatic heterocycles. The molecule has 0 aliphatic carbocycles. The number of fused-ring (bicyclic) bond motifs is 1. The summed E-state index contributed by atoms with van der Waals surface area (Å²) >= 11 is 0. The van der Waals surface area contributed by atoms with Crippen molar-refractivity contribution >= 4 is 10.0 Å². The molecular weight excluding hydrogens is 309 g/mol. The summed E-state index contributed by atoms with van der Waals surface area (Å²) in [6.45, 7) is 3.42. The third kappa shape index (κ3) is 2.38. The maximum Gasteiger partial charge on any atom is 0.258 e. The van der Waals surface area contributed by atoms with E-state index in [0.29, 0.717) is 16.9 Å². The lowest BCUT2D eigenvalue weighted by atomic mass is 10.1. The van der Waals surface area contributed by atoms with E-state index >= 15 is 0 Å². The number of hydrogen-bond acceptors (Lipinski definition) is 4. The van der Waals surface area contributed by atoms with Crippen molar-refractivity contribution in [2.45, 2.75) is 31.0 Å². The van der Waals surface area contributed by atoms with Gasteiger partial charge in [0.15, 0.2) is 5.03 Å². The van der Waals surface area contributed by atoms with E-state index in [-0.39, 0.29) is 5.03 Å². The van der Waals surface area contributed by atoms with Crippen LogP contribution in [-0.2, 0) is 17.1 Å². The number of nitrogens with zero attached hydrogens (tertiary/aromatic N) is 2. The number of sulfonamides is 1. The van der Waals surface area contributed by atoms with Gasteiger partial charge in [0.2, 0.25) is 0 Å². The monoisotopic (exact) mass is 325 g/mol. The molecule has 0 saturated carbocycles. The summed E-state index contributed by atoms with van der Waals surface area (Å²) in [6, 6.07) is 3.51. The smallest absolute Gasteiger partial charge is 0.258 e. The Morgan fingerprint density at radius 3 is 2.77 bits per heavy atom. The fourth-order valence-electron chi connectivity index (χ4n) is 2.69. The quantitative estimate of drug-likeness (QED) is 0.931. The van der Waals surface area contributed by atoms with E-state index in [1.54, 1.807) is 20.9 Å². The molecule has 22 heavy (non-hydrogen) atoms. The van der Waals surface area contributed by atoms with Crippen LogP contribution in [0.4, 0.5) is 4.39 Å². The van der Waals surface area contributed by atoms with Crippen LogP contribution in [0.5, 0.6) is 5.75 Å². The SMILES string of the molecule is Cc1cnn(C)c1S(=O)(=O)N[C@H]1c2ccc(F)cc2O[C@H]1C. The molecule has 118 valence electrons. The normalized spacial score (nSPS) is 20.7. The van der Waals surface area contributed by atoms with Gasteiger partial charge in [0.05, 0.1) is 12.2 Å². The predicted octanol–water partition coefficient (Wildman–Crippen LogP) is 1.67. The predicted molar refractivity (Wildman–Crippen MR) is 77.5 cm³/mol. The molecule has 0 spiro atoms. The van der Waals surface area contributed by atoms with Crippen LogP contribution in [0.2, 0.25) is 0 Å². The van der Waals surface area contributed by atoms with Gasteiger partial charge in [-0.3, -0.25) is 4.68 Å². The topological polar surface area (TPSA) is 73.2 Å². The van der Waals surface area contributed by atoms with Crippen LogP contribution in [0.1, 0.15) is 24.1 Å². The zero-order valence-electron chi connectivity index (χ0n) is 12.4. The lowest BCUT2D eigenvalue weighted by Gasteiger charge is -2.17. The second-order valence-corrected chi connectivity index (χ2v) is 6.99. The largest absolute Gasteiger partial charge is 0.488 e. The van der Waals surface area contributed by atoms with E-state index in [9.17, 15) is 12.8 Å². The van der Waals surface area contributed by atoms with Crippen molar-refractivity contribution in [1.82, 2.24) is 14.5 Å². The molecule has 2 atom stereocenters. The van der Waals surface area contributed by atoms with Gasteiger partial charge in [-0.05, 0) is 19.9 Å². The van der Waals surface area contributed by atoms with Crippen LogP contribution >= 0.6 is 0 Å². The van der Waals surface area contributed by atoms with Crippen molar-refractivity contribution in [3.05, 3.63) is 41.3 Å². The van der Waals surface area contributed by atoms with Crippen molar-refractivity contribution < 1.29 is 17.5 Å². The van der Waals surface area contributed by atoms with Crippen molar-refractivity contribution in [3.63, 3.8) is 0 Å². The van der Waals surface area contributed by atoms with E-state index in [1.165, 1.54) is 29.1 Å². The number of aromatic nitrogens is 2. The van der Waals surface area contributed by atoms with Gasteiger partial charge in [-0.1, -0.05) is 6.07 Å². The first-order chi connectivity index (χ1) is 10.3. The molecular formula is C14H16FN3O3S. The third-order valence-corrected chi connectivity index (χ3v) is 5.34. The minimum atomic E-state index is -3.77. The maximum absolute atomic E-state index is 13.3. The summed E-state index contributed by atoms with van der Waals surface area (Å²) in [7, 11) is -2.20. The zero-order chi connectivity index (χ0) is 16.1. The highest BCUT2D eigenvalue weighted by Gasteiger charge is 2.36. The molecule has 6 nitrogen and oxygen atoms in total. The fourth-order valence-corrected chi connectivity index (χ4v) is 4.33. The fraction of sp³-hybridized carbons (Fsp3) is 0.357. The molecule has 1 aliphatic heterocycles. The first kappa shape index (κ1) is 15.0. The first-order valence-electron chi connectivity index (χ1n) is 6.76. The second-order valence-electron chi connectivity index (χ2n) is 5.36. The summed E-state index contributed by atoms with van der Waals surface area (Å²) in [4.78, 5) is 0. The summed E-state index contributed by atoms with van der Waals surface area (Å²) in [5.41, 5.74) is 1.18. The van der Waals surface area contributed by atoms with Gasteiger partial charge in [-0.25, -0.2) is 12.8 Å². The highest BCUT2D eigenvalue weighted by molar-refractivity contribution is 7.89. The Balaban J connectivity index is 1.97. The molecule has 1 aromatic carbocycles. The Kier molecular flexibility index (Phi) is 3.45. The molecule has 2 heterocycles. The third-order valence-electron chi connectivity index (χ3n) is 3.69. The molecule has 3 rings (SSSR count). The molecule has 2 aromatic rings. The van der Waals surface area contributed by atoms with Crippen molar-refractivity contribution in [1.29, 1.82) is 0 Å². The summed E-state index contributed by atoms with van der Waals surface area (Å²) in [5, 5.41) is 4.06. The molecule has 0 bridgehead atoms. The van der Waals surface area contributed by atoms with Crippen LogP contribution in [0.15, 0.2) is 29.4 Å². The van der Waals surface area contributed by atoms with Gasteiger partial charge in [-0.15, -0.1) is 0 Å². The highest BCUT2D eigenvalue weighted by Crippen LogP contribution is 2.37. The average molecular weight is 325 g/mol. The number of rotatable bonds is 3. The van der Waals surface area contributed by atoms with Gasteiger partial charge >= 0.3 is 0 Å². The van der Waals surface area contributed by atoms with Crippen molar-refractivity contribution in [3.8, 4) is 5.75 Å². The highest BCUT2D eigenvalue weighted by atomic mass is 32.2. The van der Waals surface area contributed by atoms with E-state index in [4.69, 9.17) is 4.74 Å². The first-order valence-corrected chi connectivity index (χ1v) is 8.25. The van der Waals surface area contributed by atoms with Crippen LogP contribution in [0.3, 0.4) is 0 Å². The molecule has 1 N–H and O–H groups in total. The van der Waals surface area contributed by atoms with Crippen molar-refractivity contribution in [2.75, 3.05) is 0 Å². The Morgan fingerprint density at radius 2 is 2.14 bits per heavy atom. The number of ether oxygens (including phenoxy) is 1. The summed E-state index contributed by atoms with van der Waals surface area (Å²) in [5.74, 6) is -0.0566. The zero-order valence-corrected chi connectivity index (χ0v) is 13.2. The van der Waals surface area contributed by atoms with E-state index in [2.05, 4.69) is 9.82 Å². The number of hydrogen-bond donors (Lipinski definition) is 1. The number of halogens is 1. The second kappa shape index (κ2) is 5.06. The van der Waals surface area contributed by atoms with Crippen LogP contribution in [0.25, 0.3) is 0 Å². The molecule has 0 fully saturated rings. The van der Waals surface area contributed by atoms with E-state index in [0.717, 1.165) is 0 Å². The lowest BCUT2D eigenvalue weighted by Crippen LogP contribution is -2.35. The Labute approximate surface area is 128 Å². The number of benzene rings is 1. The number of nitrogens with one attached hydrogen (secondary N) is 1. The number of aryl methyl sites for hydroxylation is 2. The van der Waals surface area contributed by atoms with Gasteiger partial charge in [-0.2, -0.15) is 9.82 Å². The van der Waals surface area contributed by atoms with Crippen LogP contribution in [0, 0.1) is 12.7 Å². The van der Waals surface area contributed by atoms with Crippen LogP contribution < -0.4 is 9.46 Å². The Morgan fingerprint density at radius 1 is 1.41 bits per heavy atom. The van der Waals surface area contributed by atoms with Crippen molar-refractivity contribution in [2.24, 2.45) is 7.05 Å². The minimum Gasteiger partial charge on any atom is -0.488 e. The van der Waals surface area contributed by atoms with Gasteiger partial charge in [0, 0.05) is 24.2 Å². The maximum atomic E-state index is 13.3. The standard InChI is InChI=1S/C14H16FN3O3S/c1-8-7-16-18(3)14(8)22(19,20)17-13-9(2)21-12-6-10(15)4-5-11(12)13/h4-7,9,13,17H,1-3H3/t9-,13+/m0/s1. The van der Waals surface area contributed by atoms with Gasteiger partial charge < -0.3 is 4.74 Å². The van der Waals surface area contributed by atoms with E-state index in [1.807, 2.05) is 0 Å². The molecule has 0 amide bonds. The molecule has 0 unspecified atom stereocenters. The molecule has 0 saturated heterocycles. The molecule has 0 radical (unpaired) electrons. The van der Waals surface area contributed by atoms with E-state index < -0.39 is 28.0 Å². The Hall–Kier alpha value is -1.93. The summed E-state index contributed by atoms with van der Waals surface area (Å²) < 4.78 is 47.9. The summed E-state index contributed by atoms with van der Waals surface area (Å²) in [6.07, 6.45) is 1.06. The molecule has 1 aliphatic rings. The van der Waals surface area contributed by atoms with Gasteiger partial charge in [0.1, 0.15) is 17.7 Å². The van der Waals surface area contributed by atoms with Crippen LogP contribution in [-0.4, -0.2) is 24.3 Å². The van der Waals surface area contributed by atoms with Gasteiger partial charge in [0.25, 0.3) is 10.0 Å². The minimum absolute atomic E-state index is 0.107. The Bertz CT molecular complexity index is 812. The molecule has 8 heteroatoms. The lowest BCUT2D eigenvalue weighted by molar-refractivity contribution is 0.220.